The topological polar surface area (TPSA) is 55.8 Å². The highest BCUT2D eigenvalue weighted by molar-refractivity contribution is 6.51. The summed E-state index contributed by atoms with van der Waals surface area (Å²) in [5, 5.41) is 8.48. The van der Waals surface area contributed by atoms with Crippen LogP contribution in [0.2, 0.25) is 0 Å². The fourth-order valence-electron chi connectivity index (χ4n) is 1.38. The van der Waals surface area contributed by atoms with Gasteiger partial charge in [-0.25, -0.2) is 0 Å². The Bertz CT molecular complexity index is 280. The van der Waals surface area contributed by atoms with Gasteiger partial charge in [-0.05, 0) is 34.1 Å². The van der Waals surface area contributed by atoms with E-state index in [1.807, 2.05) is 27.7 Å². The molecule has 1 saturated heterocycles. The summed E-state index contributed by atoms with van der Waals surface area (Å²) >= 11 is 0. The maximum absolute atomic E-state index is 10.3. The predicted octanol–water partition coefficient (Wildman–Crippen LogP) is 2.04. The minimum absolute atomic E-state index is 0.135. The monoisotopic (exact) mass is 226 g/mol. The van der Waals surface area contributed by atoms with E-state index >= 15 is 0 Å². The van der Waals surface area contributed by atoms with Gasteiger partial charge in [-0.1, -0.05) is 12.1 Å². The first-order valence-corrected chi connectivity index (χ1v) is 5.49. The maximum Gasteiger partial charge on any atom is 0.486 e. The first-order chi connectivity index (χ1) is 7.24. The zero-order valence-corrected chi connectivity index (χ0v) is 10.3. The Balaban J connectivity index is 2.45. The second-order valence-electron chi connectivity index (χ2n) is 4.99. The molecule has 4 nitrogen and oxygen atoms in total. The van der Waals surface area contributed by atoms with Gasteiger partial charge in [0.15, 0.2) is 0 Å². The first-order valence-electron chi connectivity index (χ1n) is 5.49. The summed E-state index contributed by atoms with van der Waals surface area (Å²) in [5.41, 5.74) is -0.677. The van der Waals surface area contributed by atoms with Crippen molar-refractivity contribution in [1.82, 2.24) is 0 Å². The lowest BCUT2D eigenvalue weighted by Gasteiger charge is -2.32. The van der Waals surface area contributed by atoms with E-state index < -0.39 is 5.97 Å². The van der Waals surface area contributed by atoms with Crippen LogP contribution < -0.4 is 0 Å². The van der Waals surface area contributed by atoms with Crippen LogP contribution in [0, 0.1) is 0 Å². The Morgan fingerprint density at radius 3 is 2.19 bits per heavy atom. The van der Waals surface area contributed by atoms with Crippen molar-refractivity contribution in [3.05, 3.63) is 12.1 Å². The molecule has 16 heavy (non-hydrogen) atoms. The number of carboxylic acids is 1. The van der Waals surface area contributed by atoms with Gasteiger partial charge in [-0.2, -0.15) is 0 Å². The van der Waals surface area contributed by atoms with Crippen molar-refractivity contribution in [3.8, 4) is 0 Å². The van der Waals surface area contributed by atoms with E-state index in [1.165, 1.54) is 0 Å². The van der Waals surface area contributed by atoms with Crippen LogP contribution in [0.15, 0.2) is 12.1 Å². The lowest BCUT2D eigenvalue weighted by Crippen LogP contribution is -2.41. The number of carboxylic acid groups (broad SMARTS) is 1. The third-order valence-corrected chi connectivity index (χ3v) is 3.09. The Hall–Kier alpha value is -0.805. The van der Waals surface area contributed by atoms with Gasteiger partial charge in [0.05, 0.1) is 11.2 Å². The fraction of sp³-hybridized carbons (Fsp3) is 0.727. The normalized spacial score (nSPS) is 22.9. The van der Waals surface area contributed by atoms with Crippen molar-refractivity contribution in [3.63, 3.8) is 0 Å². The van der Waals surface area contributed by atoms with E-state index in [1.54, 1.807) is 12.1 Å². The highest BCUT2D eigenvalue weighted by Crippen LogP contribution is 2.36. The average molecular weight is 226 g/mol. The number of hydrogen-bond acceptors (Lipinski definition) is 3. The van der Waals surface area contributed by atoms with Gasteiger partial charge in [-0.15, -0.1) is 0 Å². The molecule has 1 heterocycles. The first kappa shape index (κ1) is 13.3. The molecule has 0 aliphatic carbocycles. The Morgan fingerprint density at radius 1 is 1.25 bits per heavy atom. The molecule has 0 atom stereocenters. The van der Waals surface area contributed by atoms with Crippen LogP contribution in [0.1, 0.15) is 40.5 Å². The van der Waals surface area contributed by atoms with Crippen LogP contribution >= 0.6 is 0 Å². The van der Waals surface area contributed by atoms with Crippen LogP contribution in [-0.4, -0.2) is 29.4 Å². The molecule has 0 spiro atoms. The van der Waals surface area contributed by atoms with E-state index in [2.05, 4.69) is 0 Å². The highest BCUT2D eigenvalue weighted by atomic mass is 16.7. The minimum Gasteiger partial charge on any atom is -0.481 e. The van der Waals surface area contributed by atoms with Crippen molar-refractivity contribution < 1.29 is 19.2 Å². The molecule has 0 aromatic heterocycles. The molecule has 0 aromatic rings. The SMILES string of the molecule is CC1(C)OB(C=CCCC(=O)O)OC1(C)C. The molecule has 1 rings (SSSR count). The minimum atomic E-state index is -0.793. The van der Waals surface area contributed by atoms with Gasteiger partial charge in [0.2, 0.25) is 0 Å². The highest BCUT2D eigenvalue weighted by Gasteiger charge is 2.49. The third kappa shape index (κ3) is 3.09. The fourth-order valence-corrected chi connectivity index (χ4v) is 1.38. The molecule has 0 radical (unpaired) electrons. The molecule has 0 bridgehead atoms. The number of hydrogen-bond donors (Lipinski definition) is 1. The van der Waals surface area contributed by atoms with Gasteiger partial charge in [0.1, 0.15) is 0 Å². The second-order valence-corrected chi connectivity index (χ2v) is 4.99. The van der Waals surface area contributed by atoms with E-state index in [0.29, 0.717) is 6.42 Å². The quantitative estimate of drug-likeness (QED) is 0.745. The van der Waals surface area contributed by atoms with Gasteiger partial charge >= 0.3 is 13.1 Å². The Morgan fingerprint density at radius 2 is 1.75 bits per heavy atom. The number of allylic oxidation sites excluding steroid dienone is 1. The van der Waals surface area contributed by atoms with Crippen LogP contribution in [0.3, 0.4) is 0 Å². The zero-order chi connectivity index (χ0) is 12.4. The lowest BCUT2D eigenvalue weighted by atomic mass is 9.89. The van der Waals surface area contributed by atoms with E-state index in [4.69, 9.17) is 14.4 Å². The van der Waals surface area contributed by atoms with Crippen LogP contribution in [0.4, 0.5) is 0 Å². The van der Waals surface area contributed by atoms with Gasteiger partial charge in [-0.3, -0.25) is 4.79 Å². The molecular formula is C11H19BO4. The van der Waals surface area contributed by atoms with E-state index in [-0.39, 0.29) is 24.7 Å². The molecular weight excluding hydrogens is 207 g/mol. The lowest BCUT2D eigenvalue weighted by molar-refractivity contribution is -0.136. The van der Waals surface area contributed by atoms with Crippen LogP contribution in [0.25, 0.3) is 0 Å². The molecule has 5 heteroatoms. The van der Waals surface area contributed by atoms with Gasteiger partial charge in [0, 0.05) is 6.42 Å². The summed E-state index contributed by atoms with van der Waals surface area (Å²) in [4.78, 5) is 10.3. The zero-order valence-electron chi connectivity index (χ0n) is 10.3. The molecule has 1 N–H and O–H groups in total. The number of aliphatic carboxylic acids is 1. The van der Waals surface area contributed by atoms with Crippen molar-refractivity contribution in [1.29, 1.82) is 0 Å². The second kappa shape index (κ2) is 4.59. The molecule has 90 valence electrons. The molecule has 1 aliphatic rings. The number of carbonyl (C=O) groups is 1. The molecule has 1 fully saturated rings. The Labute approximate surface area is 96.8 Å². The standard InChI is InChI=1S/C11H19BO4/c1-10(2)11(3,4)16-12(15-10)8-6-5-7-9(13)14/h6,8H,5,7H2,1-4H3,(H,13,14). The van der Waals surface area contributed by atoms with Crippen molar-refractivity contribution in [2.75, 3.05) is 0 Å². The van der Waals surface area contributed by atoms with Crippen molar-refractivity contribution in [2.45, 2.75) is 51.7 Å². The summed E-state index contributed by atoms with van der Waals surface area (Å²) in [6.45, 7) is 7.94. The molecule has 0 amide bonds. The largest absolute Gasteiger partial charge is 0.486 e. The Kier molecular flexibility index (Phi) is 3.81. The summed E-state index contributed by atoms with van der Waals surface area (Å²) in [6, 6.07) is 0. The van der Waals surface area contributed by atoms with E-state index in [9.17, 15) is 4.79 Å². The molecule has 0 saturated carbocycles. The third-order valence-electron chi connectivity index (χ3n) is 3.09. The predicted molar refractivity (Wildman–Crippen MR) is 62.1 cm³/mol. The van der Waals surface area contributed by atoms with E-state index in [0.717, 1.165) is 0 Å². The maximum atomic E-state index is 10.3. The summed E-state index contributed by atoms with van der Waals surface area (Å²) < 4.78 is 11.4. The van der Waals surface area contributed by atoms with Gasteiger partial charge in [0.25, 0.3) is 0 Å². The number of rotatable bonds is 4. The summed E-state index contributed by atoms with van der Waals surface area (Å²) in [6.07, 6.45) is 2.42. The van der Waals surface area contributed by atoms with Crippen LogP contribution in [-0.2, 0) is 14.1 Å². The van der Waals surface area contributed by atoms with Crippen molar-refractivity contribution >= 4 is 13.1 Å². The van der Waals surface area contributed by atoms with Crippen LogP contribution in [0.5, 0.6) is 0 Å². The molecule has 0 unspecified atom stereocenters. The van der Waals surface area contributed by atoms with Crippen molar-refractivity contribution in [2.24, 2.45) is 0 Å². The summed E-state index contributed by atoms with van der Waals surface area (Å²) in [5.74, 6) is 0.984. The molecule has 0 aromatic carbocycles. The summed E-state index contributed by atoms with van der Waals surface area (Å²) in [7, 11) is -0.376. The molecule has 1 aliphatic heterocycles. The smallest absolute Gasteiger partial charge is 0.481 e. The van der Waals surface area contributed by atoms with Gasteiger partial charge < -0.3 is 14.4 Å². The average Bonchev–Trinajstić information content (AvgIpc) is 2.29.